The first-order valence-electron chi connectivity index (χ1n) is 9.36. The zero-order valence-corrected chi connectivity index (χ0v) is 15.2. The van der Waals surface area contributed by atoms with Gasteiger partial charge >= 0.3 is 12.0 Å². The van der Waals surface area contributed by atoms with Crippen LogP contribution >= 0.6 is 0 Å². The third-order valence-corrected chi connectivity index (χ3v) is 5.97. The fourth-order valence-corrected chi connectivity index (χ4v) is 4.44. The number of imidazole rings is 1. The number of nitrogens with zero attached hydrogens (tertiary/aromatic N) is 3. The molecular weight excluding hydrogens is 344 g/mol. The molecule has 1 aliphatic carbocycles. The summed E-state index contributed by atoms with van der Waals surface area (Å²) in [7, 11) is 0. The van der Waals surface area contributed by atoms with Gasteiger partial charge in [0.25, 0.3) is 0 Å². The van der Waals surface area contributed by atoms with E-state index >= 15 is 0 Å². The van der Waals surface area contributed by atoms with Crippen LogP contribution in [-0.2, 0) is 17.9 Å². The van der Waals surface area contributed by atoms with E-state index in [-0.39, 0.29) is 11.9 Å². The SMILES string of the molecule is O=C(NCc1ccc(Cn2ccnc2)cc1)N1C[C@@H]2CCC[C@@]2(C(=O)O)C1. The maximum absolute atomic E-state index is 12.5. The van der Waals surface area contributed by atoms with E-state index in [0.717, 1.165) is 24.9 Å². The first kappa shape index (κ1) is 17.6. The van der Waals surface area contributed by atoms with Gasteiger partial charge in [-0.3, -0.25) is 4.79 Å². The second-order valence-corrected chi connectivity index (χ2v) is 7.64. The number of carboxylic acids is 1. The minimum atomic E-state index is -0.756. The molecule has 142 valence electrons. The number of hydrogen-bond donors (Lipinski definition) is 2. The molecule has 1 aromatic heterocycles. The summed E-state index contributed by atoms with van der Waals surface area (Å²) in [6.07, 6.45) is 7.97. The van der Waals surface area contributed by atoms with Crippen LogP contribution in [0.3, 0.4) is 0 Å². The van der Waals surface area contributed by atoms with E-state index in [1.165, 1.54) is 5.56 Å². The van der Waals surface area contributed by atoms with Crippen LogP contribution < -0.4 is 5.32 Å². The van der Waals surface area contributed by atoms with Crippen LogP contribution in [0.5, 0.6) is 0 Å². The summed E-state index contributed by atoms with van der Waals surface area (Å²) in [4.78, 5) is 29.9. The van der Waals surface area contributed by atoms with Gasteiger partial charge in [-0.05, 0) is 29.9 Å². The van der Waals surface area contributed by atoms with Gasteiger partial charge in [-0.2, -0.15) is 0 Å². The zero-order valence-electron chi connectivity index (χ0n) is 15.2. The van der Waals surface area contributed by atoms with Crippen LogP contribution in [0.1, 0.15) is 30.4 Å². The summed E-state index contributed by atoms with van der Waals surface area (Å²) < 4.78 is 2.00. The van der Waals surface area contributed by atoms with Crippen LogP contribution in [0.4, 0.5) is 4.79 Å². The number of urea groups is 1. The van der Waals surface area contributed by atoms with Crippen molar-refractivity contribution in [3.8, 4) is 0 Å². The molecule has 4 rings (SSSR count). The largest absolute Gasteiger partial charge is 0.481 e. The van der Waals surface area contributed by atoms with Gasteiger partial charge in [-0.25, -0.2) is 9.78 Å². The molecule has 0 spiro atoms. The van der Waals surface area contributed by atoms with E-state index in [9.17, 15) is 14.7 Å². The highest BCUT2D eigenvalue weighted by Gasteiger charge is 2.55. The molecule has 2 fully saturated rings. The fourth-order valence-electron chi connectivity index (χ4n) is 4.44. The molecule has 1 saturated carbocycles. The van der Waals surface area contributed by atoms with Crippen molar-refractivity contribution in [2.75, 3.05) is 13.1 Å². The van der Waals surface area contributed by atoms with Crippen molar-refractivity contribution in [3.63, 3.8) is 0 Å². The number of benzene rings is 1. The van der Waals surface area contributed by atoms with Crippen molar-refractivity contribution >= 4 is 12.0 Å². The van der Waals surface area contributed by atoms with Gasteiger partial charge in [0.05, 0.1) is 11.7 Å². The van der Waals surface area contributed by atoms with E-state index in [4.69, 9.17) is 0 Å². The Bertz CT molecular complexity index is 818. The Morgan fingerprint density at radius 2 is 2.04 bits per heavy atom. The van der Waals surface area contributed by atoms with Gasteiger partial charge in [0, 0.05) is 38.6 Å². The van der Waals surface area contributed by atoms with E-state index in [1.807, 2.05) is 35.0 Å². The van der Waals surface area contributed by atoms with E-state index < -0.39 is 11.4 Å². The van der Waals surface area contributed by atoms with Crippen molar-refractivity contribution in [1.82, 2.24) is 19.8 Å². The minimum Gasteiger partial charge on any atom is -0.481 e. The normalized spacial score (nSPS) is 24.0. The number of amides is 2. The third-order valence-electron chi connectivity index (χ3n) is 5.97. The molecule has 2 aromatic rings. The lowest BCUT2D eigenvalue weighted by Gasteiger charge is -2.23. The predicted octanol–water partition coefficient (Wildman–Crippen LogP) is 2.33. The van der Waals surface area contributed by atoms with E-state index in [0.29, 0.717) is 26.1 Å². The van der Waals surface area contributed by atoms with Gasteiger partial charge in [0.1, 0.15) is 0 Å². The summed E-state index contributed by atoms with van der Waals surface area (Å²) in [5.74, 6) is -0.669. The number of rotatable bonds is 5. The van der Waals surface area contributed by atoms with Crippen molar-refractivity contribution in [2.45, 2.75) is 32.4 Å². The molecule has 7 heteroatoms. The zero-order chi connectivity index (χ0) is 18.9. The summed E-state index contributed by atoms with van der Waals surface area (Å²) in [5, 5.41) is 12.6. The molecule has 0 bridgehead atoms. The van der Waals surface area contributed by atoms with Crippen molar-refractivity contribution in [1.29, 1.82) is 0 Å². The summed E-state index contributed by atoms with van der Waals surface area (Å²) in [6, 6.07) is 7.92. The van der Waals surface area contributed by atoms with Crippen molar-refractivity contribution < 1.29 is 14.7 Å². The number of carbonyl (C=O) groups excluding carboxylic acids is 1. The van der Waals surface area contributed by atoms with Crippen LogP contribution in [0.25, 0.3) is 0 Å². The Hall–Kier alpha value is -2.83. The lowest BCUT2D eigenvalue weighted by molar-refractivity contribution is -0.149. The van der Waals surface area contributed by atoms with Crippen LogP contribution in [0.2, 0.25) is 0 Å². The lowest BCUT2D eigenvalue weighted by Crippen LogP contribution is -2.41. The Labute approximate surface area is 158 Å². The molecule has 2 heterocycles. The Morgan fingerprint density at radius 3 is 2.70 bits per heavy atom. The molecule has 0 radical (unpaired) electrons. The van der Waals surface area contributed by atoms with Gasteiger partial charge in [0.2, 0.25) is 0 Å². The first-order chi connectivity index (χ1) is 13.1. The number of aliphatic carboxylic acids is 1. The van der Waals surface area contributed by atoms with Gasteiger partial charge < -0.3 is 19.9 Å². The molecule has 2 aliphatic rings. The van der Waals surface area contributed by atoms with Crippen molar-refractivity contribution in [2.24, 2.45) is 11.3 Å². The van der Waals surface area contributed by atoms with Crippen molar-refractivity contribution in [3.05, 3.63) is 54.1 Å². The molecule has 1 aliphatic heterocycles. The molecule has 2 amide bonds. The third kappa shape index (κ3) is 3.41. The van der Waals surface area contributed by atoms with Crippen LogP contribution in [0.15, 0.2) is 43.0 Å². The lowest BCUT2D eigenvalue weighted by atomic mass is 9.81. The highest BCUT2D eigenvalue weighted by Crippen LogP contribution is 2.48. The smallest absolute Gasteiger partial charge is 0.317 e. The quantitative estimate of drug-likeness (QED) is 0.848. The second-order valence-electron chi connectivity index (χ2n) is 7.64. The van der Waals surface area contributed by atoms with Gasteiger partial charge in [-0.15, -0.1) is 0 Å². The maximum atomic E-state index is 12.5. The monoisotopic (exact) mass is 368 g/mol. The molecule has 1 aromatic carbocycles. The summed E-state index contributed by atoms with van der Waals surface area (Å²) >= 11 is 0. The number of carboxylic acid groups (broad SMARTS) is 1. The molecular formula is C20H24N4O3. The van der Waals surface area contributed by atoms with E-state index in [2.05, 4.69) is 10.3 Å². The van der Waals surface area contributed by atoms with Crippen LogP contribution in [0, 0.1) is 11.3 Å². The fraction of sp³-hybridized carbons (Fsp3) is 0.450. The topological polar surface area (TPSA) is 87.5 Å². The van der Waals surface area contributed by atoms with Gasteiger partial charge in [-0.1, -0.05) is 30.7 Å². The molecule has 1 saturated heterocycles. The number of nitrogens with one attached hydrogen (secondary N) is 1. The number of hydrogen-bond acceptors (Lipinski definition) is 3. The first-order valence-corrected chi connectivity index (χ1v) is 9.36. The average Bonchev–Trinajstić information content (AvgIpc) is 3.36. The molecule has 27 heavy (non-hydrogen) atoms. The average molecular weight is 368 g/mol. The highest BCUT2D eigenvalue weighted by molar-refractivity contribution is 5.80. The Kier molecular flexibility index (Phi) is 4.59. The number of likely N-dealkylation sites (tertiary alicyclic amines) is 1. The summed E-state index contributed by atoms with van der Waals surface area (Å²) in [6.45, 7) is 2.06. The molecule has 7 nitrogen and oxygen atoms in total. The van der Waals surface area contributed by atoms with Crippen LogP contribution in [-0.4, -0.2) is 44.6 Å². The molecule has 2 atom stereocenters. The summed E-state index contributed by atoms with van der Waals surface area (Å²) in [5.41, 5.74) is 1.45. The Morgan fingerprint density at radius 1 is 1.26 bits per heavy atom. The van der Waals surface area contributed by atoms with Gasteiger partial charge in [0.15, 0.2) is 0 Å². The number of carbonyl (C=O) groups is 2. The number of fused-ring (bicyclic) bond motifs is 1. The maximum Gasteiger partial charge on any atom is 0.317 e. The predicted molar refractivity (Wildman–Crippen MR) is 99.0 cm³/mol. The minimum absolute atomic E-state index is 0.0863. The number of aromatic nitrogens is 2. The molecule has 2 N–H and O–H groups in total. The molecule has 0 unspecified atom stereocenters. The second kappa shape index (κ2) is 7.06. The highest BCUT2D eigenvalue weighted by atomic mass is 16.4. The Balaban J connectivity index is 1.31. The standard InChI is InChI=1S/C20H24N4O3/c25-18(26)20-7-1-2-17(20)12-24(13-20)19(27)22-10-15-3-5-16(6-4-15)11-23-9-8-21-14-23/h3-6,8-9,14,17H,1-2,7,10-13H2,(H,22,27)(H,25,26)/t17-,20+/m0/s1. The van der Waals surface area contributed by atoms with E-state index in [1.54, 1.807) is 17.4 Å².